The molecule has 2 amide bonds. The number of benzene rings is 3. The summed E-state index contributed by atoms with van der Waals surface area (Å²) >= 11 is 0. The predicted molar refractivity (Wildman–Crippen MR) is 174 cm³/mol. The van der Waals surface area contributed by atoms with Gasteiger partial charge in [0.2, 0.25) is 0 Å². The van der Waals surface area contributed by atoms with Crippen LogP contribution in [0.4, 0.5) is 11.5 Å². The van der Waals surface area contributed by atoms with Gasteiger partial charge in [0.25, 0.3) is 11.8 Å². The van der Waals surface area contributed by atoms with Gasteiger partial charge in [0, 0.05) is 49.3 Å². The molecule has 0 bridgehead atoms. The van der Waals surface area contributed by atoms with E-state index in [0.29, 0.717) is 37.4 Å². The maximum atomic E-state index is 14.2. The summed E-state index contributed by atoms with van der Waals surface area (Å²) in [5, 5.41) is 0. The quantitative estimate of drug-likeness (QED) is 0.249. The third-order valence-corrected chi connectivity index (χ3v) is 8.92. The lowest BCUT2D eigenvalue weighted by Gasteiger charge is -2.35. The van der Waals surface area contributed by atoms with Gasteiger partial charge in [0.15, 0.2) is 0 Å². The molecule has 0 radical (unpaired) electrons. The fourth-order valence-corrected chi connectivity index (χ4v) is 6.50. The number of pyridine rings is 1. The second-order valence-electron chi connectivity index (χ2n) is 11.6. The highest BCUT2D eigenvalue weighted by atomic mass is 16.2. The van der Waals surface area contributed by atoms with Crippen molar-refractivity contribution in [2.45, 2.75) is 26.9 Å². The smallest absolute Gasteiger partial charge is 0.270 e. The second kappa shape index (κ2) is 11.5. The number of carbonyl (C=O) groups excluding carboxylic acids is 2. The van der Waals surface area contributed by atoms with Crippen molar-refractivity contribution in [3.8, 4) is 11.1 Å². The average molecular weight is 582 g/mol. The molecule has 0 aliphatic carbocycles. The van der Waals surface area contributed by atoms with E-state index in [1.54, 1.807) is 6.20 Å². The summed E-state index contributed by atoms with van der Waals surface area (Å²) in [4.78, 5) is 38.5. The molecule has 2 aliphatic heterocycles. The number of nitrogens with zero attached hydrogens (tertiary/aromatic N) is 5. The molecule has 7 rings (SSSR count). The van der Waals surface area contributed by atoms with E-state index in [2.05, 4.69) is 52.6 Å². The Morgan fingerprint density at radius 3 is 2.20 bits per heavy atom. The Morgan fingerprint density at radius 2 is 1.43 bits per heavy atom. The number of rotatable bonds is 4. The van der Waals surface area contributed by atoms with Gasteiger partial charge in [-0.3, -0.25) is 9.59 Å². The molecular weight excluding hydrogens is 546 g/mol. The van der Waals surface area contributed by atoms with E-state index >= 15 is 0 Å². The summed E-state index contributed by atoms with van der Waals surface area (Å²) in [6, 6.07) is 32.2. The largest absolute Gasteiger partial charge is 0.353 e. The fraction of sp³-hybridized carbons (Fsp3) is 0.216. The molecule has 7 heteroatoms. The maximum Gasteiger partial charge on any atom is 0.270 e. The molecule has 2 aromatic heterocycles. The zero-order valence-corrected chi connectivity index (χ0v) is 25.1. The van der Waals surface area contributed by atoms with Gasteiger partial charge < -0.3 is 19.3 Å². The van der Waals surface area contributed by atoms with Crippen LogP contribution in [-0.4, -0.2) is 52.4 Å². The highest BCUT2D eigenvalue weighted by Crippen LogP contribution is 2.32. The number of amides is 2. The number of aryl methyl sites for hydroxylation is 2. The maximum absolute atomic E-state index is 14.2. The minimum absolute atomic E-state index is 0.0246. The molecule has 0 spiro atoms. The lowest BCUT2D eigenvalue weighted by molar-refractivity contribution is 0.0735. The van der Waals surface area contributed by atoms with Crippen LogP contribution in [0.2, 0.25) is 0 Å². The minimum atomic E-state index is -0.0509. The number of fused-ring (bicyclic) bond motifs is 2. The molecule has 0 unspecified atom stereocenters. The van der Waals surface area contributed by atoms with Crippen LogP contribution in [0.3, 0.4) is 0 Å². The van der Waals surface area contributed by atoms with E-state index in [9.17, 15) is 9.59 Å². The molecule has 1 fully saturated rings. The van der Waals surface area contributed by atoms with Gasteiger partial charge >= 0.3 is 0 Å². The van der Waals surface area contributed by atoms with Crippen LogP contribution in [0, 0.1) is 13.8 Å². The summed E-state index contributed by atoms with van der Waals surface area (Å²) in [6.45, 7) is 7.83. The Kier molecular flexibility index (Phi) is 7.22. The molecule has 220 valence electrons. The van der Waals surface area contributed by atoms with Crippen molar-refractivity contribution in [2.24, 2.45) is 0 Å². The van der Waals surface area contributed by atoms with Crippen molar-refractivity contribution in [3.63, 3.8) is 0 Å². The van der Waals surface area contributed by atoms with Gasteiger partial charge in [-0.2, -0.15) is 0 Å². The normalized spacial score (nSPS) is 14.5. The van der Waals surface area contributed by atoms with Gasteiger partial charge in [0.1, 0.15) is 11.5 Å². The molecule has 4 heterocycles. The van der Waals surface area contributed by atoms with Crippen LogP contribution < -0.4 is 9.80 Å². The average Bonchev–Trinajstić information content (AvgIpc) is 3.37. The monoisotopic (exact) mass is 581 g/mol. The van der Waals surface area contributed by atoms with E-state index < -0.39 is 0 Å². The lowest BCUT2D eigenvalue weighted by atomic mass is 9.95. The standard InChI is InChI=1S/C37H35N5O2/c1-26-9-3-5-11-31(26)32-16-14-28(23-27(32)2)36(43)42-25-30-15-17-34(41(30)24-29-10-4-6-12-33(29)42)37(44)40-21-19-39(20-22-40)35-13-7-8-18-38-35/h3-18,23H,19-22,24-25H2,1-2H3. The first-order chi connectivity index (χ1) is 21.5. The first-order valence-electron chi connectivity index (χ1n) is 15.2. The van der Waals surface area contributed by atoms with Gasteiger partial charge in [-0.1, -0.05) is 54.6 Å². The van der Waals surface area contributed by atoms with Crippen LogP contribution in [0.15, 0.2) is 103 Å². The topological polar surface area (TPSA) is 61.7 Å². The Balaban J connectivity index is 1.15. The molecule has 2 aliphatic rings. The van der Waals surface area contributed by atoms with Crippen LogP contribution >= 0.6 is 0 Å². The zero-order chi connectivity index (χ0) is 30.2. The van der Waals surface area contributed by atoms with E-state index in [0.717, 1.165) is 47.0 Å². The Bertz CT molecular complexity index is 1850. The molecule has 7 nitrogen and oxygen atoms in total. The summed E-state index contributed by atoms with van der Waals surface area (Å²) in [6.07, 6.45) is 1.80. The first kappa shape index (κ1) is 27.7. The number of piperazine rings is 1. The lowest BCUT2D eigenvalue weighted by Crippen LogP contribution is -2.49. The minimum Gasteiger partial charge on any atom is -0.353 e. The van der Waals surface area contributed by atoms with Crippen LogP contribution in [0.5, 0.6) is 0 Å². The van der Waals surface area contributed by atoms with Gasteiger partial charge in [-0.15, -0.1) is 0 Å². The van der Waals surface area contributed by atoms with Crippen molar-refractivity contribution >= 4 is 23.3 Å². The summed E-state index contributed by atoms with van der Waals surface area (Å²) in [7, 11) is 0. The van der Waals surface area contributed by atoms with Crippen LogP contribution in [0.1, 0.15) is 43.2 Å². The SMILES string of the molecule is Cc1ccccc1-c1ccc(C(=O)N2Cc3ccc(C(=O)N4CCN(c5ccccn5)CC4)n3Cc3ccccc32)cc1C. The van der Waals surface area contributed by atoms with Crippen molar-refractivity contribution in [1.82, 2.24) is 14.5 Å². The number of para-hydroxylation sites is 1. The summed E-state index contributed by atoms with van der Waals surface area (Å²) in [5.41, 5.74) is 8.72. The van der Waals surface area contributed by atoms with Crippen LogP contribution in [-0.2, 0) is 13.1 Å². The zero-order valence-electron chi connectivity index (χ0n) is 25.1. The highest BCUT2D eigenvalue weighted by molar-refractivity contribution is 6.07. The summed E-state index contributed by atoms with van der Waals surface area (Å²) in [5.74, 6) is 0.916. The number of anilines is 2. The van der Waals surface area contributed by atoms with Gasteiger partial charge in [0.05, 0.1) is 13.1 Å². The second-order valence-corrected chi connectivity index (χ2v) is 11.6. The highest BCUT2D eigenvalue weighted by Gasteiger charge is 2.30. The third-order valence-electron chi connectivity index (χ3n) is 8.92. The Morgan fingerprint density at radius 1 is 0.682 bits per heavy atom. The van der Waals surface area contributed by atoms with Crippen molar-refractivity contribution in [3.05, 3.63) is 137 Å². The van der Waals surface area contributed by atoms with Gasteiger partial charge in [-0.25, -0.2) is 4.98 Å². The third kappa shape index (κ3) is 5.04. The van der Waals surface area contributed by atoms with E-state index in [-0.39, 0.29) is 11.8 Å². The van der Waals surface area contributed by atoms with Crippen molar-refractivity contribution < 1.29 is 9.59 Å². The molecule has 3 aromatic carbocycles. The van der Waals surface area contributed by atoms with E-state index in [1.807, 2.05) is 82.6 Å². The van der Waals surface area contributed by atoms with E-state index in [1.165, 1.54) is 11.1 Å². The Hall–Kier alpha value is -5.17. The van der Waals surface area contributed by atoms with Crippen LogP contribution in [0.25, 0.3) is 11.1 Å². The number of carbonyl (C=O) groups is 2. The fourth-order valence-electron chi connectivity index (χ4n) is 6.50. The molecule has 1 saturated heterocycles. The van der Waals surface area contributed by atoms with E-state index in [4.69, 9.17) is 0 Å². The molecule has 44 heavy (non-hydrogen) atoms. The number of hydrogen-bond acceptors (Lipinski definition) is 4. The van der Waals surface area contributed by atoms with Crippen molar-refractivity contribution in [2.75, 3.05) is 36.0 Å². The molecule has 0 saturated carbocycles. The number of aromatic nitrogens is 2. The molecule has 0 atom stereocenters. The predicted octanol–water partition coefficient (Wildman–Crippen LogP) is 6.34. The molecular formula is C37H35N5O2. The Labute approximate surface area is 258 Å². The summed E-state index contributed by atoms with van der Waals surface area (Å²) < 4.78 is 2.09. The van der Waals surface area contributed by atoms with Gasteiger partial charge in [-0.05, 0) is 84.1 Å². The van der Waals surface area contributed by atoms with Crippen molar-refractivity contribution in [1.29, 1.82) is 0 Å². The first-order valence-corrected chi connectivity index (χ1v) is 15.2. The molecule has 0 N–H and O–H groups in total. The molecule has 5 aromatic rings. The number of hydrogen-bond donors (Lipinski definition) is 0.